The van der Waals surface area contributed by atoms with Gasteiger partial charge in [0.2, 0.25) is 0 Å². The van der Waals surface area contributed by atoms with Gasteiger partial charge < -0.3 is 29.4 Å². The standard InChI is InChI=1S/C28H37NO6/c1-17-24(13-25(33-4)18(2)26(17)34-5)23-11-10-20(12-19(23)16-35-21-8-6-7-9-21)29-28(27(30)31)14-22(15-28)32-3/h10-13,21-22,29H,6-9,14-16H2,1-5H3,(H,30,31)/t22-,28+. The predicted octanol–water partition coefficient (Wildman–Crippen LogP) is 5.49. The van der Waals surface area contributed by atoms with Gasteiger partial charge in [-0.15, -0.1) is 0 Å². The van der Waals surface area contributed by atoms with E-state index in [0.717, 1.165) is 57.8 Å². The molecular formula is C28H37NO6. The van der Waals surface area contributed by atoms with Crippen LogP contribution in [0.15, 0.2) is 24.3 Å². The lowest BCUT2D eigenvalue weighted by molar-refractivity contribution is -0.151. The molecule has 2 aliphatic rings. The summed E-state index contributed by atoms with van der Waals surface area (Å²) in [6.07, 6.45) is 5.65. The van der Waals surface area contributed by atoms with Crippen LogP contribution in [-0.2, 0) is 20.9 Å². The number of rotatable bonds is 10. The zero-order valence-electron chi connectivity index (χ0n) is 21.4. The summed E-state index contributed by atoms with van der Waals surface area (Å²) in [5.41, 5.74) is 4.77. The summed E-state index contributed by atoms with van der Waals surface area (Å²) in [4.78, 5) is 12.1. The number of hydrogen-bond acceptors (Lipinski definition) is 6. The highest BCUT2D eigenvalue weighted by atomic mass is 16.5. The average Bonchev–Trinajstić information content (AvgIpc) is 3.34. The van der Waals surface area contributed by atoms with Crippen LogP contribution < -0.4 is 14.8 Å². The SMILES string of the molecule is COc1cc(-c2ccc(N[C@]3(C(=O)O)C[C@H](OC)C3)cc2COC2CCCC2)c(C)c(OC)c1C. The Kier molecular flexibility index (Phi) is 7.57. The molecule has 2 aromatic rings. The summed E-state index contributed by atoms with van der Waals surface area (Å²) in [7, 11) is 4.96. The summed E-state index contributed by atoms with van der Waals surface area (Å²) in [5.74, 6) is 0.703. The molecule has 4 rings (SSSR count). The summed E-state index contributed by atoms with van der Waals surface area (Å²) in [6.45, 7) is 4.49. The van der Waals surface area contributed by atoms with Crippen LogP contribution in [0.5, 0.6) is 11.5 Å². The Balaban J connectivity index is 1.72. The van der Waals surface area contributed by atoms with Crippen molar-refractivity contribution in [2.75, 3.05) is 26.6 Å². The molecule has 0 unspecified atom stereocenters. The molecule has 0 radical (unpaired) electrons. The lowest BCUT2D eigenvalue weighted by atomic mass is 9.74. The van der Waals surface area contributed by atoms with Gasteiger partial charge in [0.25, 0.3) is 0 Å². The first-order valence-electron chi connectivity index (χ1n) is 12.3. The molecule has 0 atom stereocenters. The van der Waals surface area contributed by atoms with Gasteiger partial charge in [-0.2, -0.15) is 0 Å². The predicted molar refractivity (Wildman–Crippen MR) is 136 cm³/mol. The van der Waals surface area contributed by atoms with Crippen LogP contribution in [0.4, 0.5) is 5.69 Å². The Bertz CT molecular complexity index is 1070. The number of methoxy groups -OCH3 is 3. The highest BCUT2D eigenvalue weighted by molar-refractivity contribution is 5.85. The van der Waals surface area contributed by atoms with E-state index in [9.17, 15) is 9.90 Å². The van der Waals surface area contributed by atoms with E-state index < -0.39 is 11.5 Å². The van der Waals surface area contributed by atoms with E-state index in [0.29, 0.717) is 19.4 Å². The van der Waals surface area contributed by atoms with Crippen molar-refractivity contribution in [2.45, 2.75) is 76.7 Å². The first kappa shape index (κ1) is 25.3. The largest absolute Gasteiger partial charge is 0.496 e. The monoisotopic (exact) mass is 483 g/mol. The first-order valence-corrected chi connectivity index (χ1v) is 12.3. The topological polar surface area (TPSA) is 86.3 Å². The molecule has 0 saturated heterocycles. The van der Waals surface area contributed by atoms with Crippen LogP contribution in [0.2, 0.25) is 0 Å². The van der Waals surface area contributed by atoms with E-state index in [1.54, 1.807) is 21.3 Å². The third kappa shape index (κ3) is 4.98. The summed E-state index contributed by atoms with van der Waals surface area (Å²) in [5, 5.41) is 13.2. The number of anilines is 1. The molecule has 0 bridgehead atoms. The minimum absolute atomic E-state index is 0.0434. The Morgan fingerprint density at radius 2 is 1.71 bits per heavy atom. The third-order valence-corrected chi connectivity index (χ3v) is 7.61. The van der Waals surface area contributed by atoms with Gasteiger partial charge in [0.1, 0.15) is 17.0 Å². The molecule has 2 saturated carbocycles. The Morgan fingerprint density at radius 3 is 2.31 bits per heavy atom. The lowest BCUT2D eigenvalue weighted by Gasteiger charge is -2.44. The second-order valence-corrected chi connectivity index (χ2v) is 9.78. The van der Waals surface area contributed by atoms with Gasteiger partial charge in [-0.1, -0.05) is 18.9 Å². The van der Waals surface area contributed by atoms with Crippen LogP contribution in [0.1, 0.15) is 55.2 Å². The minimum Gasteiger partial charge on any atom is -0.496 e. The molecule has 35 heavy (non-hydrogen) atoms. The normalized spacial score (nSPS) is 22.0. The van der Waals surface area contributed by atoms with E-state index in [4.69, 9.17) is 18.9 Å². The lowest BCUT2D eigenvalue weighted by Crippen LogP contribution is -2.59. The van der Waals surface area contributed by atoms with E-state index in [1.807, 2.05) is 38.1 Å². The van der Waals surface area contributed by atoms with Crippen molar-refractivity contribution >= 4 is 11.7 Å². The summed E-state index contributed by atoms with van der Waals surface area (Å²) < 4.78 is 23.0. The highest BCUT2D eigenvalue weighted by Gasteiger charge is 2.51. The zero-order valence-corrected chi connectivity index (χ0v) is 21.4. The van der Waals surface area contributed by atoms with Crippen molar-refractivity contribution < 1.29 is 28.8 Å². The molecule has 7 heteroatoms. The van der Waals surface area contributed by atoms with Crippen molar-refractivity contribution in [3.63, 3.8) is 0 Å². The zero-order chi connectivity index (χ0) is 25.2. The van der Waals surface area contributed by atoms with Gasteiger partial charge in [0.15, 0.2) is 0 Å². The van der Waals surface area contributed by atoms with Crippen molar-refractivity contribution in [2.24, 2.45) is 0 Å². The van der Waals surface area contributed by atoms with Gasteiger partial charge in [0.05, 0.1) is 33.0 Å². The van der Waals surface area contributed by atoms with Crippen molar-refractivity contribution in [3.8, 4) is 22.6 Å². The second kappa shape index (κ2) is 10.5. The van der Waals surface area contributed by atoms with Crippen molar-refractivity contribution in [1.29, 1.82) is 0 Å². The molecule has 0 aliphatic heterocycles. The fourth-order valence-corrected chi connectivity index (χ4v) is 5.47. The molecule has 190 valence electrons. The van der Waals surface area contributed by atoms with Crippen LogP contribution in [0, 0.1) is 13.8 Å². The van der Waals surface area contributed by atoms with E-state index >= 15 is 0 Å². The summed E-state index contributed by atoms with van der Waals surface area (Å²) in [6, 6.07) is 8.04. The van der Waals surface area contributed by atoms with Gasteiger partial charge >= 0.3 is 5.97 Å². The number of carboxylic acids is 1. The van der Waals surface area contributed by atoms with Gasteiger partial charge in [-0.05, 0) is 67.1 Å². The van der Waals surface area contributed by atoms with Crippen LogP contribution >= 0.6 is 0 Å². The molecule has 2 aromatic carbocycles. The molecule has 0 aromatic heterocycles. The number of ether oxygens (including phenoxy) is 4. The first-order chi connectivity index (χ1) is 16.8. The molecule has 7 nitrogen and oxygen atoms in total. The van der Waals surface area contributed by atoms with Crippen molar-refractivity contribution in [1.82, 2.24) is 0 Å². The maximum atomic E-state index is 12.1. The molecule has 2 N–H and O–H groups in total. The van der Waals surface area contributed by atoms with Crippen LogP contribution in [-0.4, -0.2) is 50.2 Å². The molecule has 0 spiro atoms. The maximum Gasteiger partial charge on any atom is 0.329 e. The second-order valence-electron chi connectivity index (χ2n) is 9.78. The third-order valence-electron chi connectivity index (χ3n) is 7.61. The van der Waals surface area contributed by atoms with E-state index in [2.05, 4.69) is 5.32 Å². The van der Waals surface area contributed by atoms with Gasteiger partial charge in [0, 0.05) is 31.2 Å². The van der Waals surface area contributed by atoms with E-state index in [1.165, 1.54) is 12.8 Å². The fraction of sp³-hybridized carbons (Fsp3) is 0.536. The smallest absolute Gasteiger partial charge is 0.329 e. The number of carboxylic acid groups (broad SMARTS) is 1. The maximum absolute atomic E-state index is 12.1. The number of carbonyl (C=O) groups is 1. The molecule has 0 amide bonds. The van der Waals surface area contributed by atoms with Gasteiger partial charge in [-0.25, -0.2) is 4.79 Å². The highest BCUT2D eigenvalue weighted by Crippen LogP contribution is 2.42. The summed E-state index contributed by atoms with van der Waals surface area (Å²) >= 11 is 0. The molecule has 0 heterocycles. The molecule has 2 fully saturated rings. The Hall–Kier alpha value is -2.77. The average molecular weight is 484 g/mol. The van der Waals surface area contributed by atoms with Crippen LogP contribution in [0.25, 0.3) is 11.1 Å². The number of aliphatic carboxylic acids is 1. The van der Waals surface area contributed by atoms with Crippen molar-refractivity contribution in [3.05, 3.63) is 41.0 Å². The molecule has 2 aliphatic carbocycles. The number of nitrogens with one attached hydrogen (secondary N) is 1. The Labute approximate surface area is 207 Å². The number of hydrogen-bond donors (Lipinski definition) is 2. The molecular weight excluding hydrogens is 446 g/mol. The quantitative estimate of drug-likeness (QED) is 0.462. The number of benzene rings is 2. The van der Waals surface area contributed by atoms with E-state index in [-0.39, 0.29) is 12.2 Å². The van der Waals surface area contributed by atoms with Crippen LogP contribution in [0.3, 0.4) is 0 Å². The van der Waals surface area contributed by atoms with Gasteiger partial charge in [-0.3, -0.25) is 0 Å². The Morgan fingerprint density at radius 1 is 1.00 bits per heavy atom. The fourth-order valence-electron chi connectivity index (χ4n) is 5.47. The minimum atomic E-state index is -1.02.